The maximum absolute atomic E-state index is 11.1. The van der Waals surface area contributed by atoms with Gasteiger partial charge in [-0.1, -0.05) is 13.8 Å². The SMILES string of the molecule is CCCNC(CC)c1ccc(-n2cc(C(N)=O)cn2)cn1. The first-order valence-electron chi connectivity index (χ1n) is 7.19. The van der Waals surface area contributed by atoms with Crippen molar-refractivity contribution in [3.05, 3.63) is 42.0 Å². The van der Waals surface area contributed by atoms with Crippen molar-refractivity contribution in [2.75, 3.05) is 6.54 Å². The van der Waals surface area contributed by atoms with Crippen LogP contribution >= 0.6 is 0 Å². The second-order valence-corrected chi connectivity index (χ2v) is 4.89. The minimum Gasteiger partial charge on any atom is -0.366 e. The van der Waals surface area contributed by atoms with Crippen molar-refractivity contribution in [1.82, 2.24) is 20.1 Å². The molecular weight excluding hydrogens is 266 g/mol. The largest absolute Gasteiger partial charge is 0.366 e. The van der Waals surface area contributed by atoms with Crippen LogP contribution < -0.4 is 11.1 Å². The Morgan fingerprint density at radius 2 is 2.19 bits per heavy atom. The molecule has 0 saturated heterocycles. The average molecular weight is 287 g/mol. The summed E-state index contributed by atoms with van der Waals surface area (Å²) in [6, 6.07) is 4.19. The molecule has 21 heavy (non-hydrogen) atoms. The molecule has 0 aliphatic carbocycles. The van der Waals surface area contributed by atoms with E-state index >= 15 is 0 Å². The van der Waals surface area contributed by atoms with Gasteiger partial charge in [0.1, 0.15) is 0 Å². The van der Waals surface area contributed by atoms with Crippen molar-refractivity contribution >= 4 is 5.91 Å². The number of rotatable bonds is 7. The third kappa shape index (κ3) is 3.66. The number of nitrogens with zero attached hydrogens (tertiary/aromatic N) is 3. The summed E-state index contributed by atoms with van der Waals surface area (Å²) >= 11 is 0. The van der Waals surface area contributed by atoms with Crippen molar-refractivity contribution in [3.63, 3.8) is 0 Å². The molecule has 3 N–H and O–H groups in total. The number of carbonyl (C=O) groups is 1. The van der Waals surface area contributed by atoms with Gasteiger partial charge < -0.3 is 11.1 Å². The predicted molar refractivity (Wildman–Crippen MR) is 81.2 cm³/mol. The Bertz CT molecular complexity index is 590. The van der Waals surface area contributed by atoms with E-state index in [0.29, 0.717) is 5.56 Å². The first-order valence-corrected chi connectivity index (χ1v) is 7.19. The molecule has 2 aromatic rings. The van der Waals surface area contributed by atoms with Gasteiger partial charge in [0.15, 0.2) is 0 Å². The summed E-state index contributed by atoms with van der Waals surface area (Å²) in [6.07, 6.45) is 6.89. The number of aromatic nitrogens is 3. The Labute approximate surface area is 124 Å². The zero-order chi connectivity index (χ0) is 15.2. The lowest BCUT2D eigenvalue weighted by atomic mass is 10.1. The Kier molecular flexibility index (Phi) is 5.05. The van der Waals surface area contributed by atoms with E-state index < -0.39 is 5.91 Å². The smallest absolute Gasteiger partial charge is 0.251 e. The molecule has 0 spiro atoms. The highest BCUT2D eigenvalue weighted by Gasteiger charge is 2.10. The number of nitrogens with two attached hydrogens (primary N) is 1. The minimum absolute atomic E-state index is 0.262. The molecule has 1 atom stereocenters. The molecule has 2 heterocycles. The van der Waals surface area contributed by atoms with Crippen LogP contribution in [0.1, 0.15) is 48.8 Å². The third-order valence-electron chi connectivity index (χ3n) is 3.31. The molecule has 112 valence electrons. The molecule has 0 bridgehead atoms. The van der Waals surface area contributed by atoms with E-state index in [4.69, 9.17) is 5.73 Å². The Morgan fingerprint density at radius 1 is 1.38 bits per heavy atom. The van der Waals surface area contributed by atoms with Gasteiger partial charge >= 0.3 is 0 Å². The fourth-order valence-corrected chi connectivity index (χ4v) is 2.11. The molecule has 0 fully saturated rings. The van der Waals surface area contributed by atoms with Crippen LogP contribution in [0.2, 0.25) is 0 Å². The molecule has 0 aliphatic rings. The molecule has 6 nitrogen and oxygen atoms in total. The van der Waals surface area contributed by atoms with E-state index in [1.165, 1.54) is 6.20 Å². The van der Waals surface area contributed by atoms with Crippen LogP contribution in [0.3, 0.4) is 0 Å². The number of nitrogens with one attached hydrogen (secondary N) is 1. The molecule has 1 amide bonds. The van der Waals surface area contributed by atoms with Crippen LogP contribution in [0.15, 0.2) is 30.7 Å². The summed E-state index contributed by atoms with van der Waals surface area (Å²) in [6.45, 7) is 5.25. The summed E-state index contributed by atoms with van der Waals surface area (Å²) in [5.74, 6) is -0.486. The standard InChI is InChI=1S/C15H21N5O/c1-3-7-17-13(4-2)14-6-5-12(9-18-14)20-10-11(8-19-20)15(16)21/h5-6,8-10,13,17H,3-4,7H2,1-2H3,(H2,16,21). The first-order chi connectivity index (χ1) is 10.2. The van der Waals surface area contributed by atoms with Crippen LogP contribution in [0.4, 0.5) is 0 Å². The maximum Gasteiger partial charge on any atom is 0.251 e. The monoisotopic (exact) mass is 287 g/mol. The zero-order valence-electron chi connectivity index (χ0n) is 12.4. The number of primary amides is 1. The van der Waals surface area contributed by atoms with Gasteiger partial charge in [0, 0.05) is 12.2 Å². The van der Waals surface area contributed by atoms with E-state index in [2.05, 4.69) is 29.2 Å². The van der Waals surface area contributed by atoms with Gasteiger partial charge in [-0.2, -0.15) is 5.10 Å². The topological polar surface area (TPSA) is 85.8 Å². The lowest BCUT2D eigenvalue weighted by Crippen LogP contribution is -2.22. The minimum atomic E-state index is -0.486. The highest BCUT2D eigenvalue weighted by molar-refractivity contribution is 5.92. The number of amides is 1. The summed E-state index contributed by atoms with van der Waals surface area (Å²) in [7, 11) is 0. The zero-order valence-corrected chi connectivity index (χ0v) is 12.4. The first kappa shape index (κ1) is 15.2. The number of hydrogen-bond acceptors (Lipinski definition) is 4. The number of hydrogen-bond donors (Lipinski definition) is 2. The lowest BCUT2D eigenvalue weighted by molar-refractivity contribution is 0.100. The van der Waals surface area contributed by atoms with Crippen LogP contribution in [0.5, 0.6) is 0 Å². The quantitative estimate of drug-likeness (QED) is 0.813. The predicted octanol–water partition coefficient (Wildman–Crippen LogP) is 1.82. The van der Waals surface area contributed by atoms with Crippen molar-refractivity contribution in [2.45, 2.75) is 32.7 Å². The van der Waals surface area contributed by atoms with Crippen LogP contribution in [0.25, 0.3) is 5.69 Å². The fraction of sp³-hybridized carbons (Fsp3) is 0.400. The highest BCUT2D eigenvalue weighted by atomic mass is 16.1. The Balaban J connectivity index is 2.15. The van der Waals surface area contributed by atoms with Gasteiger partial charge in [0.25, 0.3) is 5.91 Å². The third-order valence-corrected chi connectivity index (χ3v) is 3.31. The Morgan fingerprint density at radius 3 is 2.71 bits per heavy atom. The highest BCUT2D eigenvalue weighted by Crippen LogP contribution is 2.16. The molecule has 0 aromatic carbocycles. The average Bonchev–Trinajstić information content (AvgIpc) is 2.99. The van der Waals surface area contributed by atoms with Crippen molar-refractivity contribution in [3.8, 4) is 5.69 Å². The summed E-state index contributed by atoms with van der Waals surface area (Å²) in [4.78, 5) is 15.6. The van der Waals surface area contributed by atoms with E-state index in [-0.39, 0.29) is 6.04 Å². The van der Waals surface area contributed by atoms with Crippen LogP contribution in [-0.4, -0.2) is 27.2 Å². The van der Waals surface area contributed by atoms with Crippen LogP contribution in [0, 0.1) is 0 Å². The summed E-state index contributed by atoms with van der Waals surface area (Å²) in [5.41, 5.74) is 7.42. The second kappa shape index (κ2) is 6.99. The van der Waals surface area contributed by atoms with Gasteiger partial charge in [-0.25, -0.2) is 4.68 Å². The van der Waals surface area contributed by atoms with Gasteiger partial charge in [-0.3, -0.25) is 9.78 Å². The van der Waals surface area contributed by atoms with Crippen molar-refractivity contribution in [1.29, 1.82) is 0 Å². The molecule has 2 rings (SSSR count). The maximum atomic E-state index is 11.1. The second-order valence-electron chi connectivity index (χ2n) is 4.89. The van der Waals surface area contributed by atoms with E-state index in [1.54, 1.807) is 17.1 Å². The van der Waals surface area contributed by atoms with Gasteiger partial charge in [0.05, 0.1) is 29.3 Å². The molecule has 6 heteroatoms. The molecule has 0 aliphatic heterocycles. The van der Waals surface area contributed by atoms with Gasteiger partial charge in [-0.05, 0) is 31.5 Å². The summed E-state index contributed by atoms with van der Waals surface area (Å²) in [5, 5.41) is 7.58. The molecule has 0 saturated carbocycles. The normalized spacial score (nSPS) is 12.3. The van der Waals surface area contributed by atoms with Crippen molar-refractivity contribution in [2.24, 2.45) is 5.73 Å². The van der Waals surface area contributed by atoms with Crippen molar-refractivity contribution < 1.29 is 4.79 Å². The number of carbonyl (C=O) groups excluding carboxylic acids is 1. The van der Waals surface area contributed by atoms with E-state index in [9.17, 15) is 4.79 Å². The van der Waals surface area contributed by atoms with Gasteiger partial charge in [0.2, 0.25) is 0 Å². The Hall–Kier alpha value is -2.21. The molecule has 0 radical (unpaired) electrons. The fourth-order valence-electron chi connectivity index (χ4n) is 2.11. The molecular formula is C15H21N5O. The van der Waals surface area contributed by atoms with Gasteiger partial charge in [-0.15, -0.1) is 0 Å². The lowest BCUT2D eigenvalue weighted by Gasteiger charge is -2.16. The number of pyridine rings is 1. The van der Waals surface area contributed by atoms with Crippen LogP contribution in [-0.2, 0) is 0 Å². The summed E-state index contributed by atoms with van der Waals surface area (Å²) < 4.78 is 1.59. The van der Waals surface area contributed by atoms with E-state index in [0.717, 1.165) is 30.8 Å². The van der Waals surface area contributed by atoms with E-state index in [1.807, 2.05) is 12.1 Å². The molecule has 1 unspecified atom stereocenters. The molecule has 2 aromatic heterocycles.